The van der Waals surface area contributed by atoms with Crippen molar-refractivity contribution in [3.63, 3.8) is 0 Å². The minimum Gasteiger partial charge on any atom is -0.350 e. The van der Waals surface area contributed by atoms with Crippen molar-refractivity contribution in [1.82, 2.24) is 0 Å². The lowest BCUT2D eigenvalue weighted by Gasteiger charge is -2.18. The Morgan fingerprint density at radius 2 is 1.61 bits per heavy atom. The number of imide groups is 1. The van der Waals surface area contributed by atoms with E-state index in [-0.39, 0.29) is 11.3 Å². The minimum absolute atomic E-state index is 0.139. The maximum atomic E-state index is 13.5. The van der Waals surface area contributed by atoms with Gasteiger partial charge in [-0.3, -0.25) is 9.59 Å². The number of aryl methyl sites for hydroxylation is 1. The van der Waals surface area contributed by atoms with Gasteiger partial charge in [0.2, 0.25) is 0 Å². The highest BCUT2D eigenvalue weighted by molar-refractivity contribution is 6.46. The van der Waals surface area contributed by atoms with Crippen LogP contribution < -0.4 is 10.2 Å². The molecule has 0 fully saturated rings. The van der Waals surface area contributed by atoms with E-state index in [1.165, 1.54) is 24.3 Å². The first-order valence-electron chi connectivity index (χ1n) is 9.90. The summed E-state index contributed by atoms with van der Waals surface area (Å²) in [5.74, 6) is -1.41. The largest absolute Gasteiger partial charge is 0.350 e. The molecule has 2 amide bonds. The monoisotopic (exact) mass is 434 g/mol. The lowest BCUT2D eigenvalue weighted by Crippen LogP contribution is -2.33. The maximum absolute atomic E-state index is 13.5. The summed E-state index contributed by atoms with van der Waals surface area (Å²) in [7, 11) is 0. The van der Waals surface area contributed by atoms with Gasteiger partial charge in [0, 0.05) is 10.7 Å². The van der Waals surface area contributed by atoms with Gasteiger partial charge >= 0.3 is 0 Å². The van der Waals surface area contributed by atoms with Crippen LogP contribution in [0.25, 0.3) is 5.57 Å². The number of hydrogen-bond donors (Lipinski definition) is 1. The zero-order valence-electron chi connectivity index (χ0n) is 17.1. The fourth-order valence-electron chi connectivity index (χ4n) is 3.56. The highest BCUT2D eigenvalue weighted by Crippen LogP contribution is 2.36. The Bertz CT molecular complexity index is 1200. The Kier molecular flexibility index (Phi) is 5.61. The quantitative estimate of drug-likeness (QED) is 0.520. The maximum Gasteiger partial charge on any atom is 0.282 e. The molecule has 0 aliphatic carbocycles. The summed E-state index contributed by atoms with van der Waals surface area (Å²) in [5, 5.41) is 3.57. The third kappa shape index (κ3) is 3.84. The normalized spacial score (nSPS) is 13.9. The average Bonchev–Trinajstić information content (AvgIpc) is 3.01. The molecular weight excluding hydrogens is 415 g/mol. The third-order valence-electron chi connectivity index (χ3n) is 5.33. The van der Waals surface area contributed by atoms with E-state index in [1.54, 1.807) is 25.1 Å². The first-order chi connectivity index (χ1) is 14.9. The summed E-state index contributed by atoms with van der Waals surface area (Å²) < 4.78 is 13.5. The van der Waals surface area contributed by atoms with Gasteiger partial charge in [-0.2, -0.15) is 0 Å². The predicted octanol–water partition coefficient (Wildman–Crippen LogP) is 5.75. The fourth-order valence-corrected chi connectivity index (χ4v) is 3.72. The van der Waals surface area contributed by atoms with Gasteiger partial charge in [0.15, 0.2) is 0 Å². The van der Waals surface area contributed by atoms with Crippen molar-refractivity contribution in [2.45, 2.75) is 20.3 Å². The van der Waals surface area contributed by atoms with Gasteiger partial charge in [-0.15, -0.1) is 0 Å². The lowest BCUT2D eigenvalue weighted by atomic mass is 10.0. The zero-order chi connectivity index (χ0) is 22.1. The number of benzene rings is 3. The molecular formula is C25H20ClFN2O2. The first-order valence-corrected chi connectivity index (χ1v) is 10.3. The number of halogens is 2. The Balaban J connectivity index is 1.82. The second-order valence-corrected chi connectivity index (χ2v) is 7.67. The molecule has 0 atom stereocenters. The van der Waals surface area contributed by atoms with Gasteiger partial charge in [0.25, 0.3) is 11.8 Å². The lowest BCUT2D eigenvalue weighted by molar-refractivity contribution is -0.120. The van der Waals surface area contributed by atoms with Crippen LogP contribution in [0.4, 0.5) is 15.8 Å². The van der Waals surface area contributed by atoms with Gasteiger partial charge in [0.05, 0.1) is 11.3 Å². The van der Waals surface area contributed by atoms with E-state index in [1.807, 2.05) is 24.3 Å². The van der Waals surface area contributed by atoms with Crippen molar-refractivity contribution in [3.05, 3.63) is 100.0 Å². The number of anilines is 2. The van der Waals surface area contributed by atoms with E-state index < -0.39 is 17.6 Å². The molecule has 3 aromatic rings. The van der Waals surface area contributed by atoms with Crippen molar-refractivity contribution >= 4 is 40.4 Å². The van der Waals surface area contributed by atoms with Gasteiger partial charge < -0.3 is 5.32 Å². The molecule has 0 saturated carbocycles. The molecule has 1 aliphatic rings. The molecule has 0 radical (unpaired) electrons. The SMILES string of the molecule is CCc1ccc(NC2=C(c3ccc(F)cc3)C(=O)N(c3cccc(Cl)c3C)C2=O)cc1. The van der Waals surface area contributed by atoms with Crippen molar-refractivity contribution in [1.29, 1.82) is 0 Å². The standard InChI is InChI=1S/C25H20ClFN2O2/c1-3-16-7-13-19(14-8-16)28-23-22(17-9-11-18(27)12-10-17)24(30)29(25(23)31)21-6-4-5-20(26)15(21)2/h4-14,28H,3H2,1-2H3. The van der Waals surface area contributed by atoms with Crippen LogP contribution in [0.15, 0.2) is 72.4 Å². The molecule has 4 nitrogen and oxygen atoms in total. The van der Waals surface area contributed by atoms with Crippen LogP contribution in [0, 0.1) is 12.7 Å². The Hall–Kier alpha value is -3.44. The van der Waals surface area contributed by atoms with Gasteiger partial charge in [0.1, 0.15) is 11.5 Å². The Morgan fingerprint density at radius 1 is 0.935 bits per heavy atom. The van der Waals surface area contributed by atoms with Crippen LogP contribution in [0.3, 0.4) is 0 Å². The van der Waals surface area contributed by atoms with Crippen molar-refractivity contribution < 1.29 is 14.0 Å². The summed E-state index contributed by atoms with van der Waals surface area (Å²) in [6.07, 6.45) is 0.892. The minimum atomic E-state index is -0.491. The predicted molar refractivity (Wildman–Crippen MR) is 121 cm³/mol. The molecule has 1 N–H and O–H groups in total. The summed E-state index contributed by atoms with van der Waals surface area (Å²) >= 11 is 6.23. The average molecular weight is 435 g/mol. The highest BCUT2D eigenvalue weighted by Gasteiger charge is 2.41. The van der Waals surface area contributed by atoms with E-state index in [9.17, 15) is 14.0 Å². The zero-order valence-corrected chi connectivity index (χ0v) is 17.8. The van der Waals surface area contributed by atoms with Crippen LogP contribution in [-0.4, -0.2) is 11.8 Å². The van der Waals surface area contributed by atoms with Gasteiger partial charge in [-0.1, -0.05) is 48.9 Å². The van der Waals surface area contributed by atoms with E-state index >= 15 is 0 Å². The van der Waals surface area contributed by atoms with E-state index in [0.717, 1.165) is 16.9 Å². The first kappa shape index (κ1) is 20.8. The fraction of sp³-hybridized carbons (Fsp3) is 0.120. The number of carbonyl (C=O) groups is 2. The molecule has 3 aromatic carbocycles. The second kappa shape index (κ2) is 8.36. The smallest absolute Gasteiger partial charge is 0.282 e. The summed E-state index contributed by atoms with van der Waals surface area (Å²) in [5.41, 5.74) is 3.65. The van der Waals surface area contributed by atoms with Crippen LogP contribution in [0.1, 0.15) is 23.6 Å². The molecule has 6 heteroatoms. The van der Waals surface area contributed by atoms with E-state index in [2.05, 4.69) is 12.2 Å². The molecule has 156 valence electrons. The Morgan fingerprint density at radius 3 is 2.26 bits per heavy atom. The number of amides is 2. The molecule has 1 heterocycles. The van der Waals surface area contributed by atoms with Crippen molar-refractivity contribution in [2.75, 3.05) is 10.2 Å². The molecule has 0 saturated heterocycles. The molecule has 0 unspecified atom stereocenters. The number of carbonyl (C=O) groups excluding carboxylic acids is 2. The number of nitrogens with one attached hydrogen (secondary N) is 1. The molecule has 0 bridgehead atoms. The van der Waals surface area contributed by atoms with Crippen molar-refractivity contribution in [2.24, 2.45) is 0 Å². The Labute approximate surface area is 185 Å². The summed E-state index contributed by atoms with van der Waals surface area (Å²) in [6.45, 7) is 3.81. The van der Waals surface area contributed by atoms with Crippen LogP contribution >= 0.6 is 11.6 Å². The van der Waals surface area contributed by atoms with Gasteiger partial charge in [-0.25, -0.2) is 9.29 Å². The van der Waals surface area contributed by atoms with Crippen molar-refractivity contribution in [3.8, 4) is 0 Å². The molecule has 0 aromatic heterocycles. The molecule has 1 aliphatic heterocycles. The number of hydrogen-bond acceptors (Lipinski definition) is 3. The summed E-state index contributed by atoms with van der Waals surface area (Å²) in [4.78, 5) is 28.0. The molecule has 4 rings (SSSR count). The number of rotatable bonds is 5. The third-order valence-corrected chi connectivity index (χ3v) is 5.74. The summed E-state index contributed by atoms with van der Waals surface area (Å²) in [6, 6.07) is 18.2. The van der Waals surface area contributed by atoms with Gasteiger partial charge in [-0.05, 0) is 66.4 Å². The molecule has 0 spiro atoms. The highest BCUT2D eigenvalue weighted by atomic mass is 35.5. The number of nitrogens with zero attached hydrogens (tertiary/aromatic N) is 1. The molecule has 31 heavy (non-hydrogen) atoms. The van der Waals surface area contributed by atoms with E-state index in [0.29, 0.717) is 27.5 Å². The van der Waals surface area contributed by atoms with Crippen LogP contribution in [-0.2, 0) is 16.0 Å². The van der Waals surface area contributed by atoms with Crippen LogP contribution in [0.5, 0.6) is 0 Å². The topological polar surface area (TPSA) is 49.4 Å². The van der Waals surface area contributed by atoms with E-state index in [4.69, 9.17) is 11.6 Å². The second-order valence-electron chi connectivity index (χ2n) is 7.26. The van der Waals surface area contributed by atoms with Crippen LogP contribution in [0.2, 0.25) is 5.02 Å².